The van der Waals surface area contributed by atoms with Gasteiger partial charge in [-0.1, -0.05) is 24.6 Å². The Bertz CT molecular complexity index is 586. The molecule has 0 bridgehead atoms. The molecule has 1 atom stereocenters. The fourth-order valence-corrected chi connectivity index (χ4v) is 2.23. The van der Waals surface area contributed by atoms with Crippen LogP contribution in [0.5, 0.6) is 5.75 Å². The standard InChI is InChI=1S/C16H19FN2O/c1-4-18-15(12-10-11(2)7-8-13(12)17)16-14(20-3)6-5-9-19-16/h5-10,15,18H,4H2,1-3H3. The Morgan fingerprint density at radius 1 is 1.35 bits per heavy atom. The second-order valence-corrected chi connectivity index (χ2v) is 4.61. The molecule has 0 fully saturated rings. The monoisotopic (exact) mass is 274 g/mol. The van der Waals surface area contributed by atoms with Crippen LogP contribution < -0.4 is 10.1 Å². The lowest BCUT2D eigenvalue weighted by molar-refractivity contribution is 0.399. The van der Waals surface area contributed by atoms with Gasteiger partial charge in [-0.25, -0.2) is 4.39 Å². The molecule has 3 nitrogen and oxygen atoms in total. The molecule has 0 aliphatic carbocycles. The van der Waals surface area contributed by atoms with E-state index < -0.39 is 0 Å². The number of aromatic nitrogens is 1. The van der Waals surface area contributed by atoms with Crippen LogP contribution in [0.2, 0.25) is 0 Å². The maximum atomic E-state index is 14.2. The van der Waals surface area contributed by atoms with Crippen LogP contribution in [0.3, 0.4) is 0 Å². The summed E-state index contributed by atoms with van der Waals surface area (Å²) in [6, 6.07) is 8.41. The molecule has 0 aliphatic rings. The van der Waals surface area contributed by atoms with Crippen molar-refractivity contribution in [3.63, 3.8) is 0 Å². The first kappa shape index (κ1) is 14.5. The van der Waals surface area contributed by atoms with E-state index in [0.29, 0.717) is 23.6 Å². The van der Waals surface area contributed by atoms with Crippen LogP contribution in [0.15, 0.2) is 36.5 Å². The predicted octanol–water partition coefficient (Wildman–Crippen LogP) is 3.24. The van der Waals surface area contributed by atoms with Gasteiger partial charge in [0.1, 0.15) is 17.3 Å². The van der Waals surface area contributed by atoms with Gasteiger partial charge >= 0.3 is 0 Å². The third-order valence-corrected chi connectivity index (χ3v) is 3.16. The van der Waals surface area contributed by atoms with Crippen LogP contribution in [-0.2, 0) is 0 Å². The third-order valence-electron chi connectivity index (χ3n) is 3.16. The lowest BCUT2D eigenvalue weighted by atomic mass is 9.99. The molecule has 0 saturated heterocycles. The lowest BCUT2D eigenvalue weighted by Crippen LogP contribution is -2.24. The van der Waals surface area contributed by atoms with E-state index in [1.165, 1.54) is 6.07 Å². The fourth-order valence-electron chi connectivity index (χ4n) is 2.23. The van der Waals surface area contributed by atoms with Crippen molar-refractivity contribution in [1.82, 2.24) is 10.3 Å². The first-order valence-corrected chi connectivity index (χ1v) is 6.65. The van der Waals surface area contributed by atoms with Crippen LogP contribution in [0.1, 0.15) is 29.8 Å². The quantitative estimate of drug-likeness (QED) is 0.909. The van der Waals surface area contributed by atoms with Gasteiger partial charge in [-0.15, -0.1) is 0 Å². The number of rotatable bonds is 5. The van der Waals surface area contributed by atoms with Crippen molar-refractivity contribution < 1.29 is 9.13 Å². The molecule has 0 radical (unpaired) electrons. The van der Waals surface area contributed by atoms with Crippen molar-refractivity contribution in [1.29, 1.82) is 0 Å². The number of ether oxygens (including phenoxy) is 1. The van der Waals surface area contributed by atoms with Crippen molar-refractivity contribution in [2.24, 2.45) is 0 Å². The van der Waals surface area contributed by atoms with Gasteiger partial charge in [-0.05, 0) is 31.7 Å². The molecule has 2 aromatic rings. The Hall–Kier alpha value is -1.94. The van der Waals surface area contributed by atoms with Gasteiger partial charge in [-0.3, -0.25) is 4.98 Å². The molecule has 106 valence electrons. The molecule has 1 heterocycles. The van der Waals surface area contributed by atoms with Gasteiger partial charge in [0, 0.05) is 11.8 Å². The Labute approximate surface area is 118 Å². The predicted molar refractivity (Wildman–Crippen MR) is 77.4 cm³/mol. The summed E-state index contributed by atoms with van der Waals surface area (Å²) >= 11 is 0. The van der Waals surface area contributed by atoms with E-state index in [4.69, 9.17) is 4.74 Å². The minimum absolute atomic E-state index is 0.241. The van der Waals surface area contributed by atoms with E-state index in [9.17, 15) is 4.39 Å². The molecule has 20 heavy (non-hydrogen) atoms. The number of aryl methyl sites for hydroxylation is 1. The largest absolute Gasteiger partial charge is 0.495 e. The Morgan fingerprint density at radius 2 is 2.15 bits per heavy atom. The average Bonchev–Trinajstić information content (AvgIpc) is 2.47. The maximum absolute atomic E-state index is 14.2. The van der Waals surface area contributed by atoms with E-state index in [1.807, 2.05) is 26.0 Å². The molecule has 1 N–H and O–H groups in total. The molecule has 1 aromatic heterocycles. The van der Waals surface area contributed by atoms with Crippen molar-refractivity contribution >= 4 is 0 Å². The highest BCUT2D eigenvalue weighted by molar-refractivity contribution is 5.38. The summed E-state index contributed by atoms with van der Waals surface area (Å²) in [6.45, 7) is 4.63. The van der Waals surface area contributed by atoms with E-state index in [-0.39, 0.29) is 11.9 Å². The number of nitrogens with one attached hydrogen (secondary N) is 1. The van der Waals surface area contributed by atoms with Gasteiger partial charge in [-0.2, -0.15) is 0 Å². The number of benzene rings is 1. The Balaban J connectivity index is 2.53. The summed E-state index contributed by atoms with van der Waals surface area (Å²) in [5.41, 5.74) is 2.30. The number of hydrogen-bond donors (Lipinski definition) is 1. The number of pyridine rings is 1. The first-order valence-electron chi connectivity index (χ1n) is 6.65. The SMILES string of the molecule is CCNC(c1cc(C)ccc1F)c1ncccc1OC. The van der Waals surface area contributed by atoms with Gasteiger partial charge in [0.05, 0.1) is 13.2 Å². The summed E-state index contributed by atoms with van der Waals surface area (Å²) in [5.74, 6) is 0.411. The van der Waals surface area contributed by atoms with Gasteiger partial charge in [0.2, 0.25) is 0 Å². The minimum atomic E-state index is -0.323. The van der Waals surface area contributed by atoms with Crippen molar-refractivity contribution in [2.75, 3.05) is 13.7 Å². The highest BCUT2D eigenvalue weighted by Crippen LogP contribution is 2.29. The molecule has 1 aromatic carbocycles. The van der Waals surface area contributed by atoms with E-state index >= 15 is 0 Å². The van der Waals surface area contributed by atoms with E-state index in [0.717, 1.165) is 5.56 Å². The van der Waals surface area contributed by atoms with Gasteiger partial charge < -0.3 is 10.1 Å². The van der Waals surface area contributed by atoms with Crippen molar-refractivity contribution in [2.45, 2.75) is 19.9 Å². The van der Waals surface area contributed by atoms with Crippen LogP contribution in [0, 0.1) is 12.7 Å². The zero-order valence-corrected chi connectivity index (χ0v) is 12.0. The summed E-state index contributed by atoms with van der Waals surface area (Å²) in [6.07, 6.45) is 1.69. The lowest BCUT2D eigenvalue weighted by Gasteiger charge is -2.21. The third kappa shape index (κ3) is 2.96. The summed E-state index contributed by atoms with van der Waals surface area (Å²) in [7, 11) is 1.59. The van der Waals surface area contributed by atoms with E-state index in [1.54, 1.807) is 25.4 Å². The molecule has 0 aliphatic heterocycles. The first-order chi connectivity index (χ1) is 9.67. The van der Waals surface area contributed by atoms with Crippen LogP contribution in [0.25, 0.3) is 0 Å². The number of halogens is 1. The molecule has 2 rings (SSSR count). The summed E-state index contributed by atoms with van der Waals surface area (Å²) < 4.78 is 19.5. The minimum Gasteiger partial charge on any atom is -0.495 e. The molecule has 4 heteroatoms. The maximum Gasteiger partial charge on any atom is 0.142 e. The molecule has 0 saturated carbocycles. The summed E-state index contributed by atoms with van der Waals surface area (Å²) in [5, 5.41) is 3.28. The average molecular weight is 274 g/mol. The Morgan fingerprint density at radius 3 is 2.85 bits per heavy atom. The molecule has 0 spiro atoms. The topological polar surface area (TPSA) is 34.2 Å². The number of nitrogens with zero attached hydrogens (tertiary/aromatic N) is 1. The van der Waals surface area contributed by atoms with Crippen molar-refractivity contribution in [3.05, 3.63) is 59.2 Å². The molecular formula is C16H19FN2O. The molecular weight excluding hydrogens is 255 g/mol. The zero-order valence-electron chi connectivity index (χ0n) is 12.0. The van der Waals surface area contributed by atoms with Crippen LogP contribution >= 0.6 is 0 Å². The van der Waals surface area contributed by atoms with Crippen molar-refractivity contribution in [3.8, 4) is 5.75 Å². The normalized spacial score (nSPS) is 12.2. The van der Waals surface area contributed by atoms with E-state index in [2.05, 4.69) is 10.3 Å². The zero-order chi connectivity index (χ0) is 14.5. The van der Waals surface area contributed by atoms with Gasteiger partial charge in [0.25, 0.3) is 0 Å². The van der Waals surface area contributed by atoms with Crippen LogP contribution in [0.4, 0.5) is 4.39 Å². The molecule has 0 amide bonds. The highest BCUT2D eigenvalue weighted by atomic mass is 19.1. The second kappa shape index (κ2) is 6.48. The second-order valence-electron chi connectivity index (χ2n) is 4.61. The van der Waals surface area contributed by atoms with Gasteiger partial charge in [0.15, 0.2) is 0 Å². The smallest absolute Gasteiger partial charge is 0.142 e. The summed E-state index contributed by atoms with van der Waals surface area (Å²) in [4.78, 5) is 4.36. The molecule has 1 unspecified atom stereocenters. The fraction of sp³-hybridized carbons (Fsp3) is 0.312. The number of hydrogen-bond acceptors (Lipinski definition) is 3. The Kier molecular flexibility index (Phi) is 4.69. The highest BCUT2D eigenvalue weighted by Gasteiger charge is 2.21. The van der Waals surface area contributed by atoms with Crippen LogP contribution in [-0.4, -0.2) is 18.6 Å². The number of methoxy groups -OCH3 is 1.